The van der Waals surface area contributed by atoms with E-state index < -0.39 is 36.0 Å². The number of para-hydroxylation sites is 1. The van der Waals surface area contributed by atoms with Gasteiger partial charge in [0.2, 0.25) is 0 Å². The van der Waals surface area contributed by atoms with Crippen LogP contribution in [-0.2, 0) is 19.9 Å². The van der Waals surface area contributed by atoms with E-state index in [-0.39, 0.29) is 17.7 Å². The molecule has 3 rings (SSSR count). The lowest BCUT2D eigenvalue weighted by Gasteiger charge is -2.25. The second kappa shape index (κ2) is 8.24. The summed E-state index contributed by atoms with van der Waals surface area (Å²) in [7, 11) is 0. The van der Waals surface area contributed by atoms with Gasteiger partial charge in [0.05, 0.1) is 0 Å². The minimum atomic E-state index is -1.30. The van der Waals surface area contributed by atoms with E-state index in [0.717, 1.165) is 0 Å². The summed E-state index contributed by atoms with van der Waals surface area (Å²) < 4.78 is 4.89. The van der Waals surface area contributed by atoms with Crippen LogP contribution >= 0.6 is 0 Å². The van der Waals surface area contributed by atoms with Crippen molar-refractivity contribution in [1.82, 2.24) is 15.8 Å². The van der Waals surface area contributed by atoms with Gasteiger partial charge in [-0.3, -0.25) is 15.0 Å². The number of hydrogen-bond acceptors (Lipinski definition) is 6. The topological polar surface area (TPSA) is 125 Å². The molecule has 0 radical (unpaired) electrons. The molecule has 30 heavy (non-hydrogen) atoms. The number of benzene rings is 2. The number of phenolic OH excluding ortho intramolecular Hbond substituents is 1. The molecule has 3 N–H and O–H groups in total. The van der Waals surface area contributed by atoms with Gasteiger partial charge in [-0.05, 0) is 30.5 Å². The summed E-state index contributed by atoms with van der Waals surface area (Å²) in [4.78, 5) is 49.6. The van der Waals surface area contributed by atoms with Crippen LogP contribution in [-0.4, -0.2) is 40.5 Å². The summed E-state index contributed by atoms with van der Waals surface area (Å²) in [5, 5.41) is 13.1. The zero-order chi connectivity index (χ0) is 21.9. The zero-order valence-corrected chi connectivity index (χ0v) is 16.5. The van der Waals surface area contributed by atoms with Crippen LogP contribution in [0.25, 0.3) is 0 Å². The third-order valence-electron chi connectivity index (χ3n) is 4.92. The number of amides is 4. The first-order chi connectivity index (χ1) is 14.3. The molecule has 2 aromatic rings. The fourth-order valence-corrected chi connectivity index (χ4v) is 3.23. The van der Waals surface area contributed by atoms with Gasteiger partial charge in [0.1, 0.15) is 16.9 Å². The van der Waals surface area contributed by atoms with E-state index in [9.17, 15) is 24.3 Å². The molecule has 1 fully saturated rings. The van der Waals surface area contributed by atoms with Gasteiger partial charge in [0, 0.05) is 0 Å². The molecule has 0 aromatic heterocycles. The molecular formula is C21H21N3O6. The van der Waals surface area contributed by atoms with E-state index in [4.69, 9.17) is 4.74 Å². The van der Waals surface area contributed by atoms with Crippen molar-refractivity contribution in [1.29, 1.82) is 0 Å². The van der Waals surface area contributed by atoms with Crippen LogP contribution in [0, 0.1) is 6.92 Å². The second-order valence-electron chi connectivity index (χ2n) is 6.78. The molecular weight excluding hydrogens is 390 g/mol. The van der Waals surface area contributed by atoms with E-state index in [0.29, 0.717) is 16.1 Å². The highest BCUT2D eigenvalue weighted by Gasteiger charge is 2.52. The van der Waals surface area contributed by atoms with Crippen molar-refractivity contribution in [3.8, 4) is 5.75 Å². The average Bonchev–Trinajstić information content (AvgIpc) is 2.99. The normalized spacial score (nSPS) is 18.1. The number of phenols is 1. The molecule has 9 heteroatoms. The summed E-state index contributed by atoms with van der Waals surface area (Å²) in [6.45, 7) is 2.61. The molecule has 0 bridgehead atoms. The Balaban J connectivity index is 1.67. The fraction of sp³-hybridized carbons (Fsp3) is 0.238. The first kappa shape index (κ1) is 20.8. The van der Waals surface area contributed by atoms with E-state index in [1.54, 1.807) is 56.3 Å². The number of aromatic hydroxyl groups is 1. The number of esters is 1. The molecule has 2 aromatic carbocycles. The van der Waals surface area contributed by atoms with Crippen molar-refractivity contribution >= 4 is 23.8 Å². The molecule has 0 aliphatic carbocycles. The van der Waals surface area contributed by atoms with Crippen LogP contribution in [0.1, 0.15) is 34.8 Å². The van der Waals surface area contributed by atoms with Crippen LogP contribution in [0.3, 0.4) is 0 Å². The number of carbonyl (C=O) groups excluding carboxylic acids is 4. The molecule has 1 aliphatic rings. The molecule has 9 nitrogen and oxygen atoms in total. The monoisotopic (exact) mass is 411 g/mol. The number of urea groups is 1. The van der Waals surface area contributed by atoms with Crippen molar-refractivity contribution < 1.29 is 29.0 Å². The van der Waals surface area contributed by atoms with E-state index in [1.165, 1.54) is 6.07 Å². The average molecular weight is 411 g/mol. The standard InChI is InChI=1S/C21H21N3O6/c1-3-21(14-9-5-4-6-10-14)19(28)24(20(29)22-21)23-16(25)12-30-18(27)15-11-7-8-13(2)17(15)26/h4-11,26H,3,12H2,1-2H3,(H,22,29)(H,23,25)/t21-/m1/s1. The Labute approximate surface area is 172 Å². The molecule has 0 unspecified atom stereocenters. The number of rotatable bonds is 6. The van der Waals surface area contributed by atoms with Crippen molar-refractivity contribution in [2.45, 2.75) is 25.8 Å². The first-order valence-electron chi connectivity index (χ1n) is 9.27. The van der Waals surface area contributed by atoms with Gasteiger partial charge >= 0.3 is 12.0 Å². The summed E-state index contributed by atoms with van der Waals surface area (Å²) in [5.74, 6) is -2.67. The van der Waals surface area contributed by atoms with Gasteiger partial charge in [-0.2, -0.15) is 5.01 Å². The quantitative estimate of drug-likeness (QED) is 0.491. The lowest BCUT2D eigenvalue weighted by molar-refractivity contribution is -0.140. The summed E-state index contributed by atoms with van der Waals surface area (Å²) in [6, 6.07) is 12.4. The summed E-state index contributed by atoms with van der Waals surface area (Å²) in [6.07, 6.45) is 0.273. The largest absolute Gasteiger partial charge is 0.507 e. The van der Waals surface area contributed by atoms with Gasteiger partial charge in [0.25, 0.3) is 11.8 Å². The third-order valence-corrected chi connectivity index (χ3v) is 4.92. The highest BCUT2D eigenvalue weighted by atomic mass is 16.5. The number of hydrazine groups is 1. The predicted molar refractivity (Wildman–Crippen MR) is 105 cm³/mol. The minimum Gasteiger partial charge on any atom is -0.507 e. The van der Waals surface area contributed by atoms with Crippen molar-refractivity contribution in [2.24, 2.45) is 0 Å². The molecule has 1 heterocycles. The van der Waals surface area contributed by atoms with Gasteiger partial charge in [0.15, 0.2) is 6.61 Å². The number of nitrogens with one attached hydrogen (secondary N) is 2. The predicted octanol–water partition coefficient (Wildman–Crippen LogP) is 1.75. The maximum absolute atomic E-state index is 12.9. The Hall–Kier alpha value is -3.88. The van der Waals surface area contributed by atoms with E-state index in [2.05, 4.69) is 10.7 Å². The maximum Gasteiger partial charge on any atom is 0.344 e. The fourth-order valence-electron chi connectivity index (χ4n) is 3.23. The summed E-state index contributed by atoms with van der Waals surface area (Å²) >= 11 is 0. The molecule has 4 amide bonds. The highest BCUT2D eigenvalue weighted by Crippen LogP contribution is 2.31. The zero-order valence-electron chi connectivity index (χ0n) is 16.5. The van der Waals surface area contributed by atoms with Crippen molar-refractivity contribution in [3.05, 3.63) is 65.2 Å². The number of carbonyl (C=O) groups is 4. The second-order valence-corrected chi connectivity index (χ2v) is 6.78. The van der Waals surface area contributed by atoms with E-state index >= 15 is 0 Å². The lowest BCUT2D eigenvalue weighted by Crippen LogP contribution is -2.49. The molecule has 0 saturated carbocycles. The third kappa shape index (κ3) is 3.69. The number of ether oxygens (including phenoxy) is 1. The maximum atomic E-state index is 12.9. The van der Waals surface area contributed by atoms with Gasteiger partial charge < -0.3 is 15.2 Å². The first-order valence-corrected chi connectivity index (χ1v) is 9.27. The van der Waals surface area contributed by atoms with Crippen molar-refractivity contribution in [2.75, 3.05) is 6.61 Å². The summed E-state index contributed by atoms with van der Waals surface area (Å²) in [5.41, 5.74) is 1.84. The molecule has 1 atom stereocenters. The Bertz CT molecular complexity index is 1010. The van der Waals surface area contributed by atoms with Crippen LogP contribution < -0.4 is 10.7 Å². The smallest absolute Gasteiger partial charge is 0.344 e. The van der Waals surface area contributed by atoms with Crippen LogP contribution in [0.15, 0.2) is 48.5 Å². The molecule has 156 valence electrons. The lowest BCUT2D eigenvalue weighted by atomic mass is 9.87. The van der Waals surface area contributed by atoms with Gasteiger partial charge in [-0.1, -0.05) is 49.4 Å². The minimum absolute atomic E-state index is 0.0909. The molecule has 1 aliphatic heterocycles. The van der Waals surface area contributed by atoms with Gasteiger partial charge in [-0.15, -0.1) is 0 Å². The number of hydrogen-bond donors (Lipinski definition) is 3. The Morgan fingerprint density at radius 2 is 1.83 bits per heavy atom. The van der Waals surface area contributed by atoms with Gasteiger partial charge in [-0.25, -0.2) is 9.59 Å². The Kier molecular flexibility index (Phi) is 5.72. The molecule has 1 saturated heterocycles. The molecule has 0 spiro atoms. The Morgan fingerprint density at radius 3 is 2.50 bits per heavy atom. The van der Waals surface area contributed by atoms with Crippen LogP contribution in [0.2, 0.25) is 0 Å². The van der Waals surface area contributed by atoms with Crippen molar-refractivity contribution in [3.63, 3.8) is 0 Å². The van der Waals surface area contributed by atoms with E-state index in [1.807, 2.05) is 0 Å². The number of aryl methyl sites for hydroxylation is 1. The SMILES string of the molecule is CC[C@]1(c2ccccc2)NC(=O)N(NC(=O)COC(=O)c2cccc(C)c2O)C1=O. The van der Waals surface area contributed by atoms with Crippen LogP contribution in [0.4, 0.5) is 4.79 Å². The Morgan fingerprint density at radius 1 is 1.13 bits per heavy atom. The number of imide groups is 1. The highest BCUT2D eigenvalue weighted by molar-refractivity contribution is 6.08. The number of nitrogens with zero attached hydrogens (tertiary/aromatic N) is 1. The van der Waals surface area contributed by atoms with Crippen LogP contribution in [0.5, 0.6) is 5.75 Å².